The van der Waals surface area contributed by atoms with Crippen molar-refractivity contribution in [3.8, 4) is 11.5 Å². The Kier molecular flexibility index (Phi) is 8.02. The maximum atomic E-state index is 12.8. The quantitative estimate of drug-likeness (QED) is 0.260. The minimum absolute atomic E-state index is 0.166. The summed E-state index contributed by atoms with van der Waals surface area (Å²) in [7, 11) is 0. The van der Waals surface area contributed by atoms with E-state index in [1.165, 1.54) is 30.4 Å². The number of allylic oxidation sites excluding steroid dienone is 2. The Morgan fingerprint density at radius 1 is 1.00 bits per heavy atom. The Morgan fingerprint density at radius 3 is 2.23 bits per heavy atom. The highest BCUT2D eigenvalue weighted by atomic mass is 19.4. The zero-order chi connectivity index (χ0) is 25.6. The molecule has 0 saturated heterocycles. The SMILES string of the molecule is CC(C)=CCc1c(OCc2ccccc2)cc(/C=C/c2ccc(C(F)(F)F)cc2)c(C(=O)O)c1O. The zero-order valence-corrected chi connectivity index (χ0v) is 19.3. The summed E-state index contributed by atoms with van der Waals surface area (Å²) < 4.78 is 44.4. The number of carboxylic acids is 1. The minimum atomic E-state index is -4.45. The normalized spacial score (nSPS) is 11.5. The average molecular weight is 482 g/mol. The van der Waals surface area contributed by atoms with Gasteiger partial charge in [0.25, 0.3) is 0 Å². The molecule has 3 aromatic rings. The molecule has 7 heteroatoms. The van der Waals surface area contributed by atoms with Gasteiger partial charge in [0.15, 0.2) is 0 Å². The van der Waals surface area contributed by atoms with Gasteiger partial charge < -0.3 is 14.9 Å². The molecule has 4 nitrogen and oxygen atoms in total. The van der Waals surface area contributed by atoms with Crippen molar-refractivity contribution in [3.63, 3.8) is 0 Å². The van der Waals surface area contributed by atoms with Crippen molar-refractivity contribution in [1.29, 1.82) is 0 Å². The molecule has 0 atom stereocenters. The first-order valence-electron chi connectivity index (χ1n) is 10.8. The number of aromatic carboxylic acids is 1. The van der Waals surface area contributed by atoms with Crippen molar-refractivity contribution in [1.82, 2.24) is 0 Å². The molecule has 3 aromatic carbocycles. The highest BCUT2D eigenvalue weighted by molar-refractivity contribution is 5.97. The van der Waals surface area contributed by atoms with E-state index in [-0.39, 0.29) is 24.2 Å². The van der Waals surface area contributed by atoms with Gasteiger partial charge in [-0.05, 0) is 55.2 Å². The van der Waals surface area contributed by atoms with E-state index in [1.54, 1.807) is 0 Å². The van der Waals surface area contributed by atoms with E-state index in [0.29, 0.717) is 16.9 Å². The number of phenols is 1. The molecule has 0 aliphatic heterocycles. The molecule has 0 radical (unpaired) electrons. The van der Waals surface area contributed by atoms with Crippen LogP contribution in [0.2, 0.25) is 0 Å². The van der Waals surface area contributed by atoms with Crippen LogP contribution in [0, 0.1) is 0 Å². The number of halogens is 3. The molecule has 0 amide bonds. The van der Waals surface area contributed by atoms with E-state index in [4.69, 9.17) is 4.74 Å². The standard InChI is InChI=1S/C28H25F3O4/c1-18(2)8-15-23-24(35-17-20-6-4-3-5-7-20)16-21(25(26(23)32)27(33)34)12-9-19-10-13-22(14-11-19)28(29,30)31/h3-14,16,32H,15,17H2,1-2H3,(H,33,34)/b12-9+. The second-order valence-corrected chi connectivity index (χ2v) is 8.18. The van der Waals surface area contributed by atoms with Crippen molar-refractivity contribution in [2.45, 2.75) is 33.1 Å². The Labute approximate surface area is 201 Å². The molecule has 0 aliphatic carbocycles. The van der Waals surface area contributed by atoms with Gasteiger partial charge in [-0.1, -0.05) is 66.3 Å². The first-order chi connectivity index (χ1) is 16.6. The number of aromatic hydroxyl groups is 1. The van der Waals surface area contributed by atoms with Gasteiger partial charge in [-0.3, -0.25) is 0 Å². The topological polar surface area (TPSA) is 66.8 Å². The number of rotatable bonds is 8. The fourth-order valence-electron chi connectivity index (χ4n) is 3.40. The largest absolute Gasteiger partial charge is 0.507 e. The molecule has 0 saturated carbocycles. The van der Waals surface area contributed by atoms with Gasteiger partial charge in [0.05, 0.1) is 5.56 Å². The molecule has 35 heavy (non-hydrogen) atoms. The lowest BCUT2D eigenvalue weighted by atomic mass is 9.97. The number of benzene rings is 3. The molecule has 0 spiro atoms. The molecule has 0 aromatic heterocycles. The van der Waals surface area contributed by atoms with Crippen molar-refractivity contribution < 1.29 is 32.9 Å². The van der Waals surface area contributed by atoms with Gasteiger partial charge in [0.2, 0.25) is 0 Å². The highest BCUT2D eigenvalue weighted by Gasteiger charge is 2.29. The summed E-state index contributed by atoms with van der Waals surface area (Å²) in [6.45, 7) is 3.98. The third-order valence-corrected chi connectivity index (χ3v) is 5.25. The van der Waals surface area contributed by atoms with Crippen LogP contribution in [0.5, 0.6) is 11.5 Å². The Bertz CT molecular complexity index is 1240. The Morgan fingerprint density at radius 2 is 1.66 bits per heavy atom. The average Bonchev–Trinajstić information content (AvgIpc) is 2.80. The monoisotopic (exact) mass is 482 g/mol. The molecule has 0 heterocycles. The van der Waals surface area contributed by atoms with Crippen LogP contribution in [0.25, 0.3) is 12.2 Å². The zero-order valence-electron chi connectivity index (χ0n) is 19.3. The van der Waals surface area contributed by atoms with Crippen LogP contribution in [-0.4, -0.2) is 16.2 Å². The lowest BCUT2D eigenvalue weighted by Crippen LogP contribution is -2.06. The molecule has 0 aliphatic rings. The third-order valence-electron chi connectivity index (χ3n) is 5.25. The van der Waals surface area contributed by atoms with E-state index < -0.39 is 23.5 Å². The Hall–Kier alpha value is -4.00. The fourth-order valence-corrected chi connectivity index (χ4v) is 3.40. The summed E-state index contributed by atoms with van der Waals surface area (Å²) >= 11 is 0. The lowest BCUT2D eigenvalue weighted by molar-refractivity contribution is -0.137. The van der Waals surface area contributed by atoms with E-state index in [0.717, 1.165) is 23.3 Å². The van der Waals surface area contributed by atoms with Gasteiger partial charge in [-0.15, -0.1) is 0 Å². The van der Waals surface area contributed by atoms with Crippen LogP contribution in [0.3, 0.4) is 0 Å². The van der Waals surface area contributed by atoms with Crippen LogP contribution < -0.4 is 4.74 Å². The number of ether oxygens (including phenoxy) is 1. The van der Waals surface area contributed by atoms with Crippen molar-refractivity contribution in [2.75, 3.05) is 0 Å². The van der Waals surface area contributed by atoms with Crippen LogP contribution in [0.4, 0.5) is 13.2 Å². The highest BCUT2D eigenvalue weighted by Crippen LogP contribution is 2.37. The molecular formula is C28H25F3O4. The summed E-state index contributed by atoms with van der Waals surface area (Å²) in [6.07, 6.45) is 0.593. The first-order valence-corrected chi connectivity index (χ1v) is 10.8. The number of hydrogen-bond donors (Lipinski definition) is 2. The summed E-state index contributed by atoms with van der Waals surface area (Å²) in [5.74, 6) is -1.42. The molecule has 2 N–H and O–H groups in total. The van der Waals surface area contributed by atoms with Gasteiger partial charge in [0, 0.05) is 5.56 Å². The maximum absolute atomic E-state index is 12.8. The van der Waals surface area contributed by atoms with Crippen LogP contribution in [0.15, 0.2) is 72.3 Å². The number of alkyl halides is 3. The molecule has 0 fully saturated rings. The van der Waals surface area contributed by atoms with Crippen molar-refractivity contribution in [2.24, 2.45) is 0 Å². The number of carboxylic acid groups (broad SMARTS) is 1. The molecule has 3 rings (SSSR count). The first kappa shape index (κ1) is 25.6. The second-order valence-electron chi connectivity index (χ2n) is 8.18. The molecule has 182 valence electrons. The minimum Gasteiger partial charge on any atom is -0.507 e. The predicted octanol–water partition coefficient (Wildman–Crippen LogP) is 7.37. The summed E-state index contributed by atoms with van der Waals surface area (Å²) in [5, 5.41) is 20.7. The summed E-state index contributed by atoms with van der Waals surface area (Å²) in [6, 6.07) is 15.4. The summed E-state index contributed by atoms with van der Waals surface area (Å²) in [4.78, 5) is 12.0. The van der Waals surface area contributed by atoms with Crippen LogP contribution >= 0.6 is 0 Å². The van der Waals surface area contributed by atoms with Crippen molar-refractivity contribution in [3.05, 3.63) is 106 Å². The van der Waals surface area contributed by atoms with E-state index in [1.807, 2.05) is 50.3 Å². The van der Waals surface area contributed by atoms with Gasteiger partial charge >= 0.3 is 12.1 Å². The number of hydrogen-bond acceptors (Lipinski definition) is 3. The lowest BCUT2D eigenvalue weighted by Gasteiger charge is -2.16. The summed E-state index contributed by atoms with van der Waals surface area (Å²) in [5.41, 5.74) is 1.74. The van der Waals surface area contributed by atoms with Crippen molar-refractivity contribution >= 4 is 18.1 Å². The number of carbonyl (C=O) groups is 1. The third kappa shape index (κ3) is 6.76. The van der Waals surface area contributed by atoms with Crippen LogP contribution in [-0.2, 0) is 19.2 Å². The van der Waals surface area contributed by atoms with Gasteiger partial charge in [-0.2, -0.15) is 13.2 Å². The van der Waals surface area contributed by atoms with Gasteiger partial charge in [-0.25, -0.2) is 4.79 Å². The van der Waals surface area contributed by atoms with Gasteiger partial charge in [0.1, 0.15) is 23.7 Å². The molecular weight excluding hydrogens is 457 g/mol. The molecule has 0 unspecified atom stereocenters. The van der Waals surface area contributed by atoms with E-state index in [9.17, 15) is 28.2 Å². The predicted molar refractivity (Wildman–Crippen MR) is 129 cm³/mol. The molecule has 0 bridgehead atoms. The fraction of sp³-hybridized carbons (Fsp3) is 0.179. The van der Waals surface area contributed by atoms with E-state index >= 15 is 0 Å². The Balaban J connectivity index is 2.03. The second kappa shape index (κ2) is 11.0. The smallest absolute Gasteiger partial charge is 0.416 e. The van der Waals surface area contributed by atoms with E-state index in [2.05, 4.69) is 0 Å². The van der Waals surface area contributed by atoms with Crippen LogP contribution in [0.1, 0.15) is 52.0 Å². The maximum Gasteiger partial charge on any atom is 0.416 e.